The zero-order valence-electron chi connectivity index (χ0n) is 11.7. The Morgan fingerprint density at radius 3 is 2.72 bits per heavy atom. The van der Waals surface area contributed by atoms with E-state index in [4.69, 9.17) is 0 Å². The number of rotatable bonds is 4. The zero-order valence-corrected chi connectivity index (χ0v) is 11.7. The van der Waals surface area contributed by atoms with Crippen LogP contribution in [-0.2, 0) is 6.42 Å². The Balaban J connectivity index is 2.05. The minimum atomic E-state index is -0.133. The lowest BCUT2D eigenvalue weighted by Crippen LogP contribution is -2.34. The van der Waals surface area contributed by atoms with Gasteiger partial charge in [-0.1, -0.05) is 19.4 Å². The summed E-state index contributed by atoms with van der Waals surface area (Å²) in [7, 11) is 2.05. The molecule has 100 valence electrons. The van der Waals surface area contributed by atoms with Crippen molar-refractivity contribution in [1.82, 2.24) is 5.32 Å². The topological polar surface area (TPSA) is 12.0 Å². The van der Waals surface area contributed by atoms with Gasteiger partial charge < -0.3 is 5.32 Å². The Kier molecular flexibility index (Phi) is 4.39. The fourth-order valence-corrected chi connectivity index (χ4v) is 3.25. The molecule has 1 saturated carbocycles. The van der Waals surface area contributed by atoms with Crippen molar-refractivity contribution in [2.75, 3.05) is 7.05 Å². The molecular weight excluding hydrogens is 225 g/mol. The van der Waals surface area contributed by atoms with E-state index in [1.54, 1.807) is 12.1 Å². The third-order valence-corrected chi connectivity index (χ3v) is 4.42. The molecule has 3 atom stereocenters. The summed E-state index contributed by atoms with van der Waals surface area (Å²) in [4.78, 5) is 0. The van der Waals surface area contributed by atoms with E-state index in [1.807, 2.05) is 20.0 Å². The lowest BCUT2D eigenvalue weighted by molar-refractivity contribution is 0.367. The van der Waals surface area contributed by atoms with Gasteiger partial charge in [-0.05, 0) is 68.3 Å². The van der Waals surface area contributed by atoms with Gasteiger partial charge in [-0.15, -0.1) is 0 Å². The van der Waals surface area contributed by atoms with Crippen molar-refractivity contribution in [1.29, 1.82) is 0 Å². The van der Waals surface area contributed by atoms with Crippen LogP contribution in [0.1, 0.15) is 37.3 Å². The SMILES string of the molecule is CNC(Cc1ccc(F)cc1C)C1CCC(C)C1. The molecule has 2 heteroatoms. The number of hydrogen-bond acceptors (Lipinski definition) is 1. The summed E-state index contributed by atoms with van der Waals surface area (Å²) in [6.07, 6.45) is 5.02. The van der Waals surface area contributed by atoms with Crippen LogP contribution in [-0.4, -0.2) is 13.1 Å². The van der Waals surface area contributed by atoms with Crippen LogP contribution in [0.4, 0.5) is 4.39 Å². The molecule has 3 unspecified atom stereocenters. The van der Waals surface area contributed by atoms with Gasteiger partial charge in [0.2, 0.25) is 0 Å². The largest absolute Gasteiger partial charge is 0.316 e. The quantitative estimate of drug-likeness (QED) is 0.858. The molecule has 1 nitrogen and oxygen atoms in total. The fourth-order valence-electron chi connectivity index (χ4n) is 3.25. The van der Waals surface area contributed by atoms with Crippen molar-refractivity contribution < 1.29 is 4.39 Å². The maximum absolute atomic E-state index is 13.1. The molecule has 1 aliphatic carbocycles. The van der Waals surface area contributed by atoms with E-state index >= 15 is 0 Å². The number of hydrogen-bond donors (Lipinski definition) is 1. The highest BCUT2D eigenvalue weighted by Crippen LogP contribution is 2.33. The van der Waals surface area contributed by atoms with Crippen molar-refractivity contribution in [3.8, 4) is 0 Å². The van der Waals surface area contributed by atoms with Crippen LogP contribution < -0.4 is 5.32 Å². The molecule has 1 aromatic carbocycles. The smallest absolute Gasteiger partial charge is 0.123 e. The van der Waals surface area contributed by atoms with Gasteiger partial charge in [0.1, 0.15) is 5.82 Å². The fraction of sp³-hybridized carbons (Fsp3) is 0.625. The van der Waals surface area contributed by atoms with Crippen LogP contribution in [0.15, 0.2) is 18.2 Å². The highest BCUT2D eigenvalue weighted by Gasteiger charge is 2.28. The van der Waals surface area contributed by atoms with E-state index in [9.17, 15) is 4.39 Å². The molecule has 0 aliphatic heterocycles. The van der Waals surface area contributed by atoms with Crippen LogP contribution >= 0.6 is 0 Å². The summed E-state index contributed by atoms with van der Waals surface area (Å²) in [6.45, 7) is 4.35. The molecule has 0 spiro atoms. The van der Waals surface area contributed by atoms with E-state index in [0.29, 0.717) is 6.04 Å². The van der Waals surface area contributed by atoms with E-state index in [-0.39, 0.29) is 5.82 Å². The molecule has 0 amide bonds. The van der Waals surface area contributed by atoms with Crippen LogP contribution in [0, 0.1) is 24.6 Å². The van der Waals surface area contributed by atoms with Gasteiger partial charge in [0.05, 0.1) is 0 Å². The van der Waals surface area contributed by atoms with Crippen molar-refractivity contribution in [3.05, 3.63) is 35.1 Å². The Labute approximate surface area is 110 Å². The first-order valence-corrected chi connectivity index (χ1v) is 7.02. The number of benzene rings is 1. The average Bonchev–Trinajstić information content (AvgIpc) is 2.75. The van der Waals surface area contributed by atoms with Gasteiger partial charge in [0.15, 0.2) is 0 Å². The van der Waals surface area contributed by atoms with Crippen molar-refractivity contribution in [2.24, 2.45) is 11.8 Å². The van der Waals surface area contributed by atoms with Gasteiger partial charge in [-0.2, -0.15) is 0 Å². The van der Waals surface area contributed by atoms with Gasteiger partial charge in [0.25, 0.3) is 0 Å². The lowest BCUT2D eigenvalue weighted by Gasteiger charge is -2.24. The molecule has 0 heterocycles. The number of halogens is 1. The predicted molar refractivity (Wildman–Crippen MR) is 74.2 cm³/mol. The van der Waals surface area contributed by atoms with Gasteiger partial charge in [-0.3, -0.25) is 0 Å². The van der Waals surface area contributed by atoms with Gasteiger partial charge in [-0.25, -0.2) is 4.39 Å². The van der Waals surface area contributed by atoms with E-state index in [0.717, 1.165) is 23.8 Å². The summed E-state index contributed by atoms with van der Waals surface area (Å²) < 4.78 is 13.1. The van der Waals surface area contributed by atoms with Crippen molar-refractivity contribution in [2.45, 2.75) is 45.6 Å². The Hall–Kier alpha value is -0.890. The molecule has 0 aromatic heterocycles. The van der Waals surface area contributed by atoms with Crippen LogP contribution in [0.3, 0.4) is 0 Å². The second-order valence-electron chi connectivity index (χ2n) is 5.85. The minimum Gasteiger partial charge on any atom is -0.316 e. The second kappa shape index (κ2) is 5.83. The summed E-state index contributed by atoms with van der Waals surface area (Å²) in [5.41, 5.74) is 2.34. The van der Waals surface area contributed by atoms with Crippen LogP contribution in [0.25, 0.3) is 0 Å². The van der Waals surface area contributed by atoms with E-state index in [1.165, 1.54) is 24.8 Å². The molecule has 1 aromatic rings. The van der Waals surface area contributed by atoms with Gasteiger partial charge >= 0.3 is 0 Å². The first-order valence-electron chi connectivity index (χ1n) is 7.02. The van der Waals surface area contributed by atoms with Crippen LogP contribution in [0.2, 0.25) is 0 Å². The molecule has 1 N–H and O–H groups in total. The minimum absolute atomic E-state index is 0.133. The Morgan fingerprint density at radius 2 is 2.17 bits per heavy atom. The number of likely N-dealkylation sites (N-methyl/N-ethyl adjacent to an activating group) is 1. The lowest BCUT2D eigenvalue weighted by atomic mass is 9.90. The first-order chi connectivity index (χ1) is 8.60. The highest BCUT2D eigenvalue weighted by molar-refractivity contribution is 5.27. The Bertz CT molecular complexity index is 402. The van der Waals surface area contributed by atoms with Crippen molar-refractivity contribution >= 4 is 0 Å². The second-order valence-corrected chi connectivity index (χ2v) is 5.85. The number of aryl methyl sites for hydroxylation is 1. The van der Waals surface area contributed by atoms with Crippen molar-refractivity contribution in [3.63, 3.8) is 0 Å². The average molecular weight is 249 g/mol. The van der Waals surface area contributed by atoms with Crippen LogP contribution in [0.5, 0.6) is 0 Å². The summed E-state index contributed by atoms with van der Waals surface area (Å²) >= 11 is 0. The Morgan fingerprint density at radius 1 is 1.39 bits per heavy atom. The summed E-state index contributed by atoms with van der Waals surface area (Å²) in [5.74, 6) is 1.50. The normalized spacial score (nSPS) is 25.3. The van der Waals surface area contributed by atoms with E-state index < -0.39 is 0 Å². The predicted octanol–water partition coefficient (Wildman–Crippen LogP) is 3.70. The molecule has 1 fully saturated rings. The molecule has 1 aliphatic rings. The maximum Gasteiger partial charge on any atom is 0.123 e. The molecular formula is C16H24FN. The molecule has 2 rings (SSSR count). The summed E-state index contributed by atoms with van der Waals surface area (Å²) in [6, 6.07) is 5.68. The summed E-state index contributed by atoms with van der Waals surface area (Å²) in [5, 5.41) is 3.46. The molecule has 0 bridgehead atoms. The standard InChI is InChI=1S/C16H24FN/c1-11-4-5-14(8-11)16(18-3)10-13-6-7-15(17)9-12(13)2/h6-7,9,11,14,16,18H,4-5,8,10H2,1-3H3. The highest BCUT2D eigenvalue weighted by atomic mass is 19.1. The monoisotopic (exact) mass is 249 g/mol. The molecule has 18 heavy (non-hydrogen) atoms. The maximum atomic E-state index is 13.1. The van der Waals surface area contributed by atoms with E-state index in [2.05, 4.69) is 12.2 Å². The molecule has 0 saturated heterocycles. The third kappa shape index (κ3) is 3.11. The third-order valence-electron chi connectivity index (χ3n) is 4.42. The zero-order chi connectivity index (χ0) is 13.1. The van der Waals surface area contributed by atoms with Gasteiger partial charge in [0, 0.05) is 6.04 Å². The number of nitrogens with one attached hydrogen (secondary N) is 1. The molecule has 0 radical (unpaired) electrons. The first kappa shape index (κ1) is 13.5.